The lowest BCUT2D eigenvalue weighted by atomic mass is 9.86. The lowest BCUT2D eigenvalue weighted by molar-refractivity contribution is -0.142. The minimum Gasteiger partial charge on any atom is -0.481 e. The number of aryl methyl sites for hydroxylation is 1. The van der Waals surface area contributed by atoms with E-state index < -0.39 is 5.97 Å². The molecule has 1 saturated carbocycles. The Hall–Kier alpha value is -0.580. The Morgan fingerprint density at radius 1 is 1.40 bits per heavy atom. The van der Waals surface area contributed by atoms with Gasteiger partial charge >= 0.3 is 5.97 Å². The Labute approximate surface area is 132 Å². The van der Waals surface area contributed by atoms with Crippen LogP contribution in [0.3, 0.4) is 0 Å². The van der Waals surface area contributed by atoms with Crippen molar-refractivity contribution in [2.24, 2.45) is 5.92 Å². The van der Waals surface area contributed by atoms with E-state index in [-0.39, 0.29) is 5.92 Å². The first-order chi connectivity index (χ1) is 9.47. The molecule has 1 aliphatic carbocycles. The summed E-state index contributed by atoms with van der Waals surface area (Å²) in [6, 6.07) is 4.41. The van der Waals surface area contributed by atoms with Crippen LogP contribution in [0.1, 0.15) is 36.8 Å². The van der Waals surface area contributed by atoms with Crippen LogP contribution in [0.25, 0.3) is 0 Å². The molecule has 0 bridgehead atoms. The number of rotatable bonds is 4. The van der Waals surface area contributed by atoms with E-state index in [0.29, 0.717) is 6.04 Å². The summed E-state index contributed by atoms with van der Waals surface area (Å²) in [5, 5.41) is 13.3. The lowest BCUT2D eigenvalue weighted by Crippen LogP contribution is -2.34. The first kappa shape index (κ1) is 15.8. The highest BCUT2D eigenvalue weighted by atomic mass is 79.9. The van der Waals surface area contributed by atoms with Crippen LogP contribution in [-0.2, 0) is 11.3 Å². The summed E-state index contributed by atoms with van der Waals surface area (Å²) >= 11 is 9.71. The molecule has 0 aromatic heterocycles. The fourth-order valence-corrected chi connectivity index (χ4v) is 3.41. The molecule has 0 spiro atoms. The average Bonchev–Trinajstić information content (AvgIpc) is 2.42. The molecule has 0 radical (unpaired) electrons. The van der Waals surface area contributed by atoms with E-state index in [1.165, 1.54) is 0 Å². The minimum absolute atomic E-state index is 0.159. The van der Waals surface area contributed by atoms with E-state index in [1.807, 2.05) is 19.1 Å². The Morgan fingerprint density at radius 3 is 2.65 bits per heavy atom. The number of carboxylic acid groups (broad SMARTS) is 1. The van der Waals surface area contributed by atoms with Gasteiger partial charge in [-0.25, -0.2) is 0 Å². The monoisotopic (exact) mass is 359 g/mol. The number of benzene rings is 1. The second-order valence-corrected chi connectivity index (χ2v) is 6.72. The van der Waals surface area contributed by atoms with E-state index in [1.54, 1.807) is 0 Å². The summed E-state index contributed by atoms with van der Waals surface area (Å²) in [5.41, 5.74) is 2.20. The van der Waals surface area contributed by atoms with Gasteiger partial charge in [0.25, 0.3) is 0 Å². The van der Waals surface area contributed by atoms with Gasteiger partial charge in [-0.3, -0.25) is 4.79 Å². The highest BCUT2D eigenvalue weighted by molar-refractivity contribution is 9.10. The van der Waals surface area contributed by atoms with E-state index in [9.17, 15) is 4.79 Å². The fraction of sp³-hybridized carbons (Fsp3) is 0.533. The average molecular weight is 361 g/mol. The summed E-state index contributed by atoms with van der Waals surface area (Å²) in [7, 11) is 0. The predicted molar refractivity (Wildman–Crippen MR) is 84.1 cm³/mol. The topological polar surface area (TPSA) is 49.3 Å². The number of aliphatic carboxylic acids is 1. The van der Waals surface area contributed by atoms with Gasteiger partial charge < -0.3 is 10.4 Å². The lowest BCUT2D eigenvalue weighted by Gasteiger charge is -2.27. The molecule has 2 rings (SSSR count). The molecule has 0 unspecified atom stereocenters. The normalized spacial score (nSPS) is 22.8. The Bertz CT molecular complexity index is 499. The van der Waals surface area contributed by atoms with Crippen molar-refractivity contribution in [3.8, 4) is 0 Å². The van der Waals surface area contributed by atoms with E-state index in [4.69, 9.17) is 16.7 Å². The van der Waals surface area contributed by atoms with Crippen molar-refractivity contribution in [1.29, 1.82) is 0 Å². The van der Waals surface area contributed by atoms with Crippen molar-refractivity contribution in [1.82, 2.24) is 5.32 Å². The maximum atomic E-state index is 10.9. The summed E-state index contributed by atoms with van der Waals surface area (Å²) in [6.07, 6.45) is 3.38. The van der Waals surface area contributed by atoms with Gasteiger partial charge in [-0.2, -0.15) is 0 Å². The molecule has 3 nitrogen and oxygen atoms in total. The molecule has 1 aliphatic rings. The van der Waals surface area contributed by atoms with Crippen molar-refractivity contribution in [3.63, 3.8) is 0 Å². The zero-order valence-electron chi connectivity index (χ0n) is 11.5. The molecule has 20 heavy (non-hydrogen) atoms. The smallest absolute Gasteiger partial charge is 0.306 e. The second kappa shape index (κ2) is 6.92. The van der Waals surface area contributed by atoms with Gasteiger partial charge in [-0.05, 0) is 55.9 Å². The molecule has 0 amide bonds. The summed E-state index contributed by atoms with van der Waals surface area (Å²) in [6.45, 7) is 2.74. The number of carboxylic acids is 1. The quantitative estimate of drug-likeness (QED) is 0.848. The molecule has 110 valence electrons. The van der Waals surface area contributed by atoms with Crippen LogP contribution >= 0.6 is 27.5 Å². The van der Waals surface area contributed by atoms with Gasteiger partial charge in [-0.15, -0.1) is 0 Å². The molecule has 0 heterocycles. The highest BCUT2D eigenvalue weighted by Gasteiger charge is 2.25. The zero-order chi connectivity index (χ0) is 14.7. The van der Waals surface area contributed by atoms with Gasteiger partial charge in [0.15, 0.2) is 0 Å². The zero-order valence-corrected chi connectivity index (χ0v) is 13.8. The number of hydrogen-bond acceptors (Lipinski definition) is 2. The van der Waals surface area contributed by atoms with Crippen LogP contribution < -0.4 is 5.32 Å². The molecular weight excluding hydrogens is 342 g/mol. The molecule has 0 atom stereocenters. The van der Waals surface area contributed by atoms with Crippen LogP contribution in [0.15, 0.2) is 16.6 Å². The SMILES string of the molecule is Cc1cc(Br)c(CNC2CCC(C(=O)O)CC2)cc1Cl. The summed E-state index contributed by atoms with van der Waals surface area (Å²) in [4.78, 5) is 10.9. The molecule has 1 aromatic rings. The van der Waals surface area contributed by atoms with Gasteiger partial charge in [0, 0.05) is 22.1 Å². The number of halogens is 2. The van der Waals surface area contributed by atoms with Crippen molar-refractivity contribution < 1.29 is 9.90 Å². The maximum Gasteiger partial charge on any atom is 0.306 e. The van der Waals surface area contributed by atoms with E-state index in [0.717, 1.165) is 52.9 Å². The largest absolute Gasteiger partial charge is 0.481 e. The molecule has 5 heteroatoms. The van der Waals surface area contributed by atoms with Crippen molar-refractivity contribution in [2.75, 3.05) is 0 Å². The van der Waals surface area contributed by atoms with Crippen LogP contribution in [0.2, 0.25) is 5.02 Å². The van der Waals surface area contributed by atoms with Crippen molar-refractivity contribution >= 4 is 33.5 Å². The number of hydrogen-bond donors (Lipinski definition) is 2. The minimum atomic E-state index is -0.656. The van der Waals surface area contributed by atoms with Gasteiger partial charge in [0.2, 0.25) is 0 Å². The van der Waals surface area contributed by atoms with Crippen LogP contribution in [0.5, 0.6) is 0 Å². The molecule has 1 aromatic carbocycles. The molecule has 1 fully saturated rings. The third kappa shape index (κ3) is 3.96. The Balaban J connectivity index is 1.87. The Morgan fingerprint density at radius 2 is 2.05 bits per heavy atom. The summed E-state index contributed by atoms with van der Waals surface area (Å²) < 4.78 is 1.06. The second-order valence-electron chi connectivity index (χ2n) is 5.46. The standard InChI is InChI=1S/C15H19BrClNO2/c1-9-6-13(16)11(7-14(9)17)8-18-12-4-2-10(3-5-12)15(19)20/h6-7,10,12,18H,2-5,8H2,1H3,(H,19,20). The highest BCUT2D eigenvalue weighted by Crippen LogP contribution is 2.27. The fourth-order valence-electron chi connectivity index (χ4n) is 2.62. The molecule has 0 aliphatic heterocycles. The molecular formula is C15H19BrClNO2. The third-order valence-electron chi connectivity index (χ3n) is 3.99. The first-order valence-corrected chi connectivity index (χ1v) is 8.05. The van der Waals surface area contributed by atoms with Crippen LogP contribution in [0, 0.1) is 12.8 Å². The van der Waals surface area contributed by atoms with Gasteiger partial charge in [0.05, 0.1) is 5.92 Å². The number of carbonyl (C=O) groups is 1. The summed E-state index contributed by atoms with van der Waals surface area (Å²) in [5.74, 6) is -0.815. The maximum absolute atomic E-state index is 10.9. The van der Waals surface area contributed by atoms with Crippen LogP contribution in [0.4, 0.5) is 0 Å². The van der Waals surface area contributed by atoms with Crippen LogP contribution in [-0.4, -0.2) is 17.1 Å². The Kier molecular flexibility index (Phi) is 5.47. The molecule has 0 saturated heterocycles. The molecule has 2 N–H and O–H groups in total. The number of nitrogens with one attached hydrogen (secondary N) is 1. The van der Waals surface area contributed by atoms with E-state index >= 15 is 0 Å². The predicted octanol–water partition coefficient (Wildman–Crippen LogP) is 4.14. The first-order valence-electron chi connectivity index (χ1n) is 6.88. The third-order valence-corrected chi connectivity index (χ3v) is 5.13. The van der Waals surface area contributed by atoms with Crippen molar-refractivity contribution in [3.05, 3.63) is 32.8 Å². The van der Waals surface area contributed by atoms with Gasteiger partial charge in [0.1, 0.15) is 0 Å². The van der Waals surface area contributed by atoms with Gasteiger partial charge in [-0.1, -0.05) is 27.5 Å². The van der Waals surface area contributed by atoms with E-state index in [2.05, 4.69) is 21.2 Å². The van der Waals surface area contributed by atoms with Crippen molar-refractivity contribution in [2.45, 2.75) is 45.2 Å².